The van der Waals surface area contributed by atoms with Gasteiger partial charge in [0, 0.05) is 0 Å². The van der Waals surface area contributed by atoms with E-state index in [-0.39, 0.29) is 28.5 Å². The van der Waals surface area contributed by atoms with Crippen LogP contribution < -0.4 is 15.4 Å². The zero-order chi connectivity index (χ0) is 22.6. The molecule has 0 bridgehead atoms. The summed E-state index contributed by atoms with van der Waals surface area (Å²) in [6.07, 6.45) is 1.50. The average molecular weight is 470 g/mol. The van der Waals surface area contributed by atoms with E-state index in [0.717, 1.165) is 22.1 Å². The number of nitrogens with one attached hydrogen (secondary N) is 3. The maximum absolute atomic E-state index is 12.9. The van der Waals surface area contributed by atoms with E-state index in [1.807, 2.05) is 24.3 Å². The Morgan fingerprint density at radius 2 is 1.72 bits per heavy atom. The van der Waals surface area contributed by atoms with Crippen LogP contribution in [-0.2, 0) is 21.4 Å². The van der Waals surface area contributed by atoms with Gasteiger partial charge in [0.1, 0.15) is 9.97 Å². The number of amides is 2. The van der Waals surface area contributed by atoms with Gasteiger partial charge in [-0.25, -0.2) is 8.42 Å². The molecule has 4 rings (SSSR count). The van der Waals surface area contributed by atoms with Gasteiger partial charge in [-0.1, -0.05) is 30.3 Å². The van der Waals surface area contributed by atoms with E-state index in [0.29, 0.717) is 5.76 Å². The van der Waals surface area contributed by atoms with Crippen molar-refractivity contribution >= 4 is 49.6 Å². The lowest BCUT2D eigenvalue weighted by molar-refractivity contribution is -0.120. The summed E-state index contributed by atoms with van der Waals surface area (Å²) in [6, 6.07) is 17.0. The fraction of sp³-hybridized carbons (Fsp3) is 0.0909. The first-order valence-electron chi connectivity index (χ1n) is 9.59. The van der Waals surface area contributed by atoms with Gasteiger partial charge in [-0.3, -0.25) is 14.3 Å². The van der Waals surface area contributed by atoms with E-state index >= 15 is 0 Å². The van der Waals surface area contributed by atoms with Crippen molar-refractivity contribution in [2.24, 2.45) is 0 Å². The lowest BCUT2D eigenvalue weighted by Crippen LogP contribution is -2.36. The maximum atomic E-state index is 12.9. The Balaban J connectivity index is 1.54. The van der Waals surface area contributed by atoms with Crippen LogP contribution in [0.5, 0.6) is 0 Å². The van der Waals surface area contributed by atoms with Gasteiger partial charge in [0.2, 0.25) is 5.91 Å². The van der Waals surface area contributed by atoms with Crippen LogP contribution in [0.25, 0.3) is 10.8 Å². The van der Waals surface area contributed by atoms with Crippen LogP contribution in [0.3, 0.4) is 0 Å². The van der Waals surface area contributed by atoms with Crippen LogP contribution >= 0.6 is 11.3 Å². The average Bonchev–Trinajstić information content (AvgIpc) is 3.50. The Hall–Kier alpha value is -3.63. The lowest BCUT2D eigenvalue weighted by Gasteiger charge is -2.14. The highest BCUT2D eigenvalue weighted by Crippen LogP contribution is 2.27. The summed E-state index contributed by atoms with van der Waals surface area (Å²) in [6.45, 7) is -0.0764. The van der Waals surface area contributed by atoms with E-state index in [1.54, 1.807) is 35.7 Å². The van der Waals surface area contributed by atoms with Crippen LogP contribution in [0.2, 0.25) is 0 Å². The Labute approximate surface area is 188 Å². The van der Waals surface area contributed by atoms with Crippen molar-refractivity contribution in [2.45, 2.75) is 10.8 Å². The van der Waals surface area contributed by atoms with Crippen LogP contribution in [0.1, 0.15) is 16.1 Å². The number of hydrogen-bond donors (Lipinski definition) is 3. The quantitative estimate of drug-likeness (QED) is 0.366. The molecule has 2 aromatic heterocycles. The number of fused-ring (bicyclic) bond motifs is 1. The van der Waals surface area contributed by atoms with Gasteiger partial charge in [-0.05, 0) is 46.5 Å². The Bertz CT molecular complexity index is 1350. The molecule has 0 fully saturated rings. The first kappa shape index (κ1) is 21.6. The molecule has 0 aliphatic carbocycles. The topological polar surface area (TPSA) is 118 Å². The third-order valence-electron chi connectivity index (χ3n) is 4.58. The molecule has 2 heterocycles. The number of carbonyl (C=O) groups excluding carboxylic acids is 2. The molecule has 164 valence electrons. The first-order chi connectivity index (χ1) is 15.4. The fourth-order valence-corrected chi connectivity index (χ4v) is 5.10. The monoisotopic (exact) mass is 469 g/mol. The third-order valence-corrected chi connectivity index (χ3v) is 7.35. The molecule has 2 aromatic carbocycles. The lowest BCUT2D eigenvalue weighted by atomic mass is 10.0. The number of furan rings is 1. The molecule has 0 saturated carbocycles. The van der Waals surface area contributed by atoms with Crippen molar-refractivity contribution in [2.75, 3.05) is 11.3 Å². The molecule has 3 N–H and O–H groups in total. The van der Waals surface area contributed by atoms with Crippen molar-refractivity contribution in [1.82, 2.24) is 10.6 Å². The SMILES string of the molecule is O=C(CNC(=O)c1cc2ccccc2cc1NS(=O)(=O)c1cccs1)NCc1ccco1. The van der Waals surface area contributed by atoms with Gasteiger partial charge in [0.25, 0.3) is 15.9 Å². The molecule has 0 aliphatic rings. The molecule has 8 nitrogen and oxygen atoms in total. The van der Waals surface area contributed by atoms with Crippen molar-refractivity contribution in [3.05, 3.63) is 83.6 Å². The molecular formula is C22H19N3O5S2. The molecule has 0 saturated heterocycles. The molecule has 2 amide bonds. The van der Waals surface area contributed by atoms with E-state index in [2.05, 4.69) is 15.4 Å². The number of carbonyl (C=O) groups is 2. The Morgan fingerprint density at radius 1 is 0.938 bits per heavy atom. The smallest absolute Gasteiger partial charge is 0.271 e. The third kappa shape index (κ3) is 4.98. The van der Waals surface area contributed by atoms with Gasteiger partial charge in [0.05, 0.1) is 30.6 Å². The highest BCUT2D eigenvalue weighted by Gasteiger charge is 2.21. The summed E-state index contributed by atoms with van der Waals surface area (Å²) in [7, 11) is -3.86. The van der Waals surface area contributed by atoms with Crippen LogP contribution in [0.15, 0.2) is 80.9 Å². The normalized spacial score (nSPS) is 11.2. The molecule has 0 spiro atoms. The van der Waals surface area contributed by atoms with E-state index < -0.39 is 21.8 Å². The maximum Gasteiger partial charge on any atom is 0.271 e. The molecule has 0 unspecified atom stereocenters. The summed E-state index contributed by atoms with van der Waals surface area (Å²) in [5.74, 6) is -0.395. The highest BCUT2D eigenvalue weighted by molar-refractivity contribution is 7.94. The molecule has 32 heavy (non-hydrogen) atoms. The molecule has 4 aromatic rings. The van der Waals surface area contributed by atoms with Gasteiger partial charge in [-0.15, -0.1) is 11.3 Å². The van der Waals surface area contributed by atoms with Crippen molar-refractivity contribution < 1.29 is 22.4 Å². The number of rotatable bonds is 8. The van der Waals surface area contributed by atoms with Crippen molar-refractivity contribution in [1.29, 1.82) is 0 Å². The Morgan fingerprint density at radius 3 is 2.41 bits per heavy atom. The molecule has 0 radical (unpaired) electrons. The largest absolute Gasteiger partial charge is 0.467 e. The highest BCUT2D eigenvalue weighted by atomic mass is 32.2. The number of thiophene rings is 1. The second-order valence-corrected chi connectivity index (χ2v) is 9.68. The summed E-state index contributed by atoms with van der Waals surface area (Å²) in [5.41, 5.74) is 0.244. The number of benzene rings is 2. The fourth-order valence-electron chi connectivity index (χ4n) is 3.04. The number of hydrogen-bond acceptors (Lipinski definition) is 6. The predicted octanol–water partition coefficient (Wildman–Crippen LogP) is 3.34. The standard InChI is InChI=1S/C22H19N3O5S2/c26-20(23-13-17-7-3-9-30-17)14-24-22(27)18-11-15-5-1-2-6-16(15)12-19(18)25-32(28,29)21-8-4-10-31-21/h1-12,25H,13-14H2,(H,23,26)(H,24,27). The Kier molecular flexibility index (Phi) is 6.24. The van der Waals surface area contributed by atoms with E-state index in [9.17, 15) is 18.0 Å². The van der Waals surface area contributed by atoms with Crippen LogP contribution in [0, 0.1) is 0 Å². The minimum atomic E-state index is -3.86. The second-order valence-electron chi connectivity index (χ2n) is 6.82. The minimum Gasteiger partial charge on any atom is -0.467 e. The predicted molar refractivity (Wildman–Crippen MR) is 122 cm³/mol. The van der Waals surface area contributed by atoms with Crippen LogP contribution in [0.4, 0.5) is 5.69 Å². The van der Waals surface area contributed by atoms with Crippen molar-refractivity contribution in [3.63, 3.8) is 0 Å². The number of anilines is 1. The van der Waals surface area contributed by atoms with E-state index in [1.165, 1.54) is 12.3 Å². The zero-order valence-corrected chi connectivity index (χ0v) is 18.3. The summed E-state index contributed by atoms with van der Waals surface area (Å²) >= 11 is 1.07. The summed E-state index contributed by atoms with van der Waals surface area (Å²) in [5, 5.41) is 8.36. The van der Waals surface area contributed by atoms with Crippen LogP contribution in [-0.4, -0.2) is 26.8 Å². The number of sulfonamides is 1. The molecule has 0 aliphatic heterocycles. The van der Waals surface area contributed by atoms with Gasteiger partial charge >= 0.3 is 0 Å². The zero-order valence-electron chi connectivity index (χ0n) is 16.7. The van der Waals surface area contributed by atoms with Gasteiger partial charge in [0.15, 0.2) is 0 Å². The second kappa shape index (κ2) is 9.25. The first-order valence-corrected chi connectivity index (χ1v) is 11.9. The van der Waals surface area contributed by atoms with Gasteiger partial charge in [-0.2, -0.15) is 0 Å². The minimum absolute atomic E-state index is 0.114. The summed E-state index contributed by atoms with van der Waals surface area (Å²) in [4.78, 5) is 25.0. The van der Waals surface area contributed by atoms with Gasteiger partial charge < -0.3 is 15.1 Å². The van der Waals surface area contributed by atoms with E-state index in [4.69, 9.17) is 4.42 Å². The molecule has 10 heteroatoms. The van der Waals surface area contributed by atoms with Crippen molar-refractivity contribution in [3.8, 4) is 0 Å². The molecule has 0 atom stereocenters. The molecular weight excluding hydrogens is 450 g/mol. The summed E-state index contributed by atoms with van der Waals surface area (Å²) < 4.78 is 33.2.